The van der Waals surface area contributed by atoms with Crippen molar-refractivity contribution in [1.29, 1.82) is 0 Å². The lowest BCUT2D eigenvalue weighted by Gasteiger charge is -2.10. The Morgan fingerprint density at radius 3 is 2.58 bits per heavy atom. The summed E-state index contributed by atoms with van der Waals surface area (Å²) >= 11 is 0. The first-order valence-corrected chi connectivity index (χ1v) is 5.86. The molecule has 19 heavy (non-hydrogen) atoms. The molecule has 0 saturated heterocycles. The minimum atomic E-state index is -2.61. The van der Waals surface area contributed by atoms with Gasteiger partial charge in [0.2, 0.25) is 0 Å². The van der Waals surface area contributed by atoms with E-state index in [0.717, 1.165) is 10.1 Å². The van der Waals surface area contributed by atoms with Crippen molar-refractivity contribution in [2.45, 2.75) is 26.1 Å². The summed E-state index contributed by atoms with van der Waals surface area (Å²) in [6.07, 6.45) is 2.55. The molecule has 1 atom stereocenters. The minimum absolute atomic E-state index is 0.00509. The van der Waals surface area contributed by atoms with Crippen LogP contribution in [0.15, 0.2) is 36.7 Å². The summed E-state index contributed by atoms with van der Waals surface area (Å²) in [5, 5.41) is 0. The molecule has 2 rings (SSSR count). The van der Waals surface area contributed by atoms with Crippen molar-refractivity contribution >= 4 is 0 Å². The predicted octanol–water partition coefficient (Wildman–Crippen LogP) is 2.88. The average molecular weight is 267 g/mol. The molecule has 0 unspecified atom stereocenters. The first-order chi connectivity index (χ1) is 9.08. The van der Waals surface area contributed by atoms with Gasteiger partial charge in [-0.2, -0.15) is 8.78 Å². The molecule has 2 N–H and O–H groups in total. The molecular formula is C13H15F2N3O. The summed E-state index contributed by atoms with van der Waals surface area (Å²) in [4.78, 5) is 3.84. The molecule has 0 amide bonds. The zero-order chi connectivity index (χ0) is 13.8. The number of alkyl halides is 2. The van der Waals surface area contributed by atoms with Gasteiger partial charge >= 0.3 is 6.55 Å². The van der Waals surface area contributed by atoms with E-state index in [1.807, 2.05) is 19.1 Å². The molecule has 1 aromatic heterocycles. The van der Waals surface area contributed by atoms with Crippen molar-refractivity contribution in [3.63, 3.8) is 0 Å². The van der Waals surface area contributed by atoms with Gasteiger partial charge in [0.1, 0.15) is 12.4 Å². The number of nitrogens with two attached hydrogens (primary N) is 1. The molecule has 0 fully saturated rings. The maximum atomic E-state index is 12.6. The Balaban J connectivity index is 2.00. The number of aromatic nitrogens is 2. The maximum Gasteiger partial charge on any atom is 0.320 e. The second kappa shape index (κ2) is 5.79. The van der Waals surface area contributed by atoms with Crippen LogP contribution in [0, 0.1) is 0 Å². The van der Waals surface area contributed by atoms with Gasteiger partial charge in [-0.3, -0.25) is 4.57 Å². The largest absolute Gasteiger partial charge is 0.486 e. The summed E-state index contributed by atoms with van der Waals surface area (Å²) in [6, 6.07) is 7.16. The highest BCUT2D eigenvalue weighted by Gasteiger charge is 2.11. The van der Waals surface area contributed by atoms with Crippen LogP contribution in [0.4, 0.5) is 8.78 Å². The number of benzene rings is 1. The summed E-state index contributed by atoms with van der Waals surface area (Å²) < 4.78 is 31.4. The van der Waals surface area contributed by atoms with Crippen LogP contribution in [0.5, 0.6) is 5.75 Å². The molecule has 0 bridgehead atoms. The van der Waals surface area contributed by atoms with E-state index in [2.05, 4.69) is 4.98 Å². The molecule has 0 aliphatic rings. The normalized spacial score (nSPS) is 12.7. The minimum Gasteiger partial charge on any atom is -0.486 e. The highest BCUT2D eigenvalue weighted by molar-refractivity contribution is 5.28. The van der Waals surface area contributed by atoms with Crippen LogP contribution in [0.2, 0.25) is 0 Å². The van der Waals surface area contributed by atoms with Gasteiger partial charge < -0.3 is 10.5 Å². The highest BCUT2D eigenvalue weighted by atomic mass is 19.3. The fourth-order valence-electron chi connectivity index (χ4n) is 1.65. The molecule has 102 valence electrons. The van der Waals surface area contributed by atoms with Crippen molar-refractivity contribution in [3.05, 3.63) is 48.0 Å². The third-order valence-electron chi connectivity index (χ3n) is 2.73. The van der Waals surface area contributed by atoms with Gasteiger partial charge in [0, 0.05) is 18.4 Å². The number of hydrogen-bond donors (Lipinski definition) is 1. The Morgan fingerprint density at radius 2 is 2.00 bits per heavy atom. The van der Waals surface area contributed by atoms with E-state index in [1.54, 1.807) is 12.1 Å². The zero-order valence-electron chi connectivity index (χ0n) is 10.5. The van der Waals surface area contributed by atoms with E-state index in [9.17, 15) is 8.78 Å². The number of nitrogens with zero attached hydrogens (tertiary/aromatic N) is 2. The first-order valence-electron chi connectivity index (χ1n) is 5.86. The SMILES string of the molecule is C[C@@H](N)c1ccc(OCc2nccn2C(F)F)cc1. The molecule has 0 spiro atoms. The molecule has 0 radical (unpaired) electrons. The van der Waals surface area contributed by atoms with E-state index in [1.165, 1.54) is 12.4 Å². The lowest BCUT2D eigenvalue weighted by Crippen LogP contribution is -2.07. The highest BCUT2D eigenvalue weighted by Crippen LogP contribution is 2.18. The Morgan fingerprint density at radius 1 is 1.32 bits per heavy atom. The third-order valence-corrected chi connectivity index (χ3v) is 2.73. The Labute approximate surface area is 109 Å². The Hall–Kier alpha value is -1.95. The van der Waals surface area contributed by atoms with E-state index in [0.29, 0.717) is 5.75 Å². The second-order valence-electron chi connectivity index (χ2n) is 4.17. The number of ether oxygens (including phenoxy) is 1. The van der Waals surface area contributed by atoms with Crippen LogP contribution in [0.1, 0.15) is 30.9 Å². The van der Waals surface area contributed by atoms with E-state index < -0.39 is 6.55 Å². The molecule has 0 aliphatic heterocycles. The molecule has 4 nitrogen and oxygen atoms in total. The Bertz CT molecular complexity index is 523. The fourth-order valence-corrected chi connectivity index (χ4v) is 1.65. The number of halogens is 2. The summed E-state index contributed by atoms with van der Waals surface area (Å²) in [5.41, 5.74) is 6.72. The summed E-state index contributed by atoms with van der Waals surface area (Å²) in [7, 11) is 0. The number of rotatable bonds is 5. The molecule has 0 saturated carbocycles. The summed E-state index contributed by atoms with van der Waals surface area (Å²) in [5.74, 6) is 0.777. The van der Waals surface area contributed by atoms with Crippen molar-refractivity contribution in [2.24, 2.45) is 5.73 Å². The molecule has 6 heteroatoms. The van der Waals surface area contributed by atoms with Crippen molar-refractivity contribution in [1.82, 2.24) is 9.55 Å². The zero-order valence-corrected chi connectivity index (χ0v) is 10.5. The standard InChI is InChI=1S/C13H15F2N3O/c1-9(16)10-2-4-11(5-3-10)19-8-12-17-6-7-18(12)13(14)15/h2-7,9,13H,8,16H2,1H3/t9-/m1/s1. The second-order valence-corrected chi connectivity index (χ2v) is 4.17. The monoisotopic (exact) mass is 267 g/mol. The average Bonchev–Trinajstić information content (AvgIpc) is 2.85. The van der Waals surface area contributed by atoms with Gasteiger partial charge in [-0.1, -0.05) is 12.1 Å². The van der Waals surface area contributed by atoms with Gasteiger partial charge in [0.05, 0.1) is 0 Å². The predicted molar refractivity (Wildman–Crippen MR) is 66.9 cm³/mol. The van der Waals surface area contributed by atoms with Crippen LogP contribution in [0.3, 0.4) is 0 Å². The van der Waals surface area contributed by atoms with E-state index in [4.69, 9.17) is 10.5 Å². The fraction of sp³-hybridized carbons (Fsp3) is 0.308. The third kappa shape index (κ3) is 3.29. The van der Waals surface area contributed by atoms with Crippen LogP contribution in [-0.2, 0) is 6.61 Å². The smallest absolute Gasteiger partial charge is 0.320 e. The van der Waals surface area contributed by atoms with Gasteiger partial charge in [0.25, 0.3) is 0 Å². The van der Waals surface area contributed by atoms with Crippen LogP contribution in [-0.4, -0.2) is 9.55 Å². The maximum absolute atomic E-state index is 12.6. The molecule has 1 aromatic carbocycles. The van der Waals surface area contributed by atoms with Crippen molar-refractivity contribution in [3.8, 4) is 5.75 Å². The van der Waals surface area contributed by atoms with E-state index in [-0.39, 0.29) is 18.5 Å². The molecule has 1 heterocycles. The van der Waals surface area contributed by atoms with Crippen molar-refractivity contribution < 1.29 is 13.5 Å². The molecule has 2 aromatic rings. The number of imidazole rings is 1. The van der Waals surface area contributed by atoms with Crippen LogP contribution in [0.25, 0.3) is 0 Å². The van der Waals surface area contributed by atoms with Gasteiger partial charge in [-0.15, -0.1) is 0 Å². The molecule has 0 aliphatic carbocycles. The van der Waals surface area contributed by atoms with E-state index >= 15 is 0 Å². The molecular weight excluding hydrogens is 252 g/mol. The van der Waals surface area contributed by atoms with Crippen molar-refractivity contribution in [2.75, 3.05) is 0 Å². The first kappa shape index (κ1) is 13.5. The van der Waals surface area contributed by atoms with Gasteiger partial charge in [-0.25, -0.2) is 4.98 Å². The van der Waals surface area contributed by atoms with Gasteiger partial charge in [-0.05, 0) is 24.6 Å². The summed E-state index contributed by atoms with van der Waals surface area (Å²) in [6.45, 7) is -0.731. The lowest BCUT2D eigenvalue weighted by atomic mass is 10.1. The topological polar surface area (TPSA) is 53.1 Å². The Kier molecular flexibility index (Phi) is 4.11. The lowest BCUT2D eigenvalue weighted by molar-refractivity contribution is 0.0632. The van der Waals surface area contributed by atoms with Crippen LogP contribution < -0.4 is 10.5 Å². The quantitative estimate of drug-likeness (QED) is 0.906. The van der Waals surface area contributed by atoms with Crippen LogP contribution >= 0.6 is 0 Å². The van der Waals surface area contributed by atoms with Gasteiger partial charge in [0.15, 0.2) is 5.82 Å². The number of hydrogen-bond acceptors (Lipinski definition) is 3.